The van der Waals surface area contributed by atoms with E-state index in [1.807, 2.05) is 0 Å². The van der Waals surface area contributed by atoms with Gasteiger partial charge in [0.15, 0.2) is 0 Å². The number of hydrogen-bond donors (Lipinski definition) is 0. The van der Waals surface area contributed by atoms with E-state index in [4.69, 9.17) is 27.9 Å². The molecular formula is C15H17Cl2NO2. The summed E-state index contributed by atoms with van der Waals surface area (Å²) >= 11 is 11.8. The van der Waals surface area contributed by atoms with Crippen molar-refractivity contribution in [2.75, 3.05) is 7.05 Å². The van der Waals surface area contributed by atoms with Gasteiger partial charge in [0, 0.05) is 35.0 Å². The van der Waals surface area contributed by atoms with Gasteiger partial charge in [-0.05, 0) is 38.1 Å². The molecule has 0 radical (unpaired) electrons. The van der Waals surface area contributed by atoms with Crippen LogP contribution in [0.3, 0.4) is 0 Å². The Balaban J connectivity index is 1.67. The number of esters is 1. The van der Waals surface area contributed by atoms with Crippen LogP contribution in [0.4, 0.5) is 0 Å². The fourth-order valence-electron chi connectivity index (χ4n) is 3.35. The monoisotopic (exact) mass is 313 g/mol. The molecule has 0 aromatic heterocycles. The maximum atomic E-state index is 12.2. The molecule has 108 valence electrons. The van der Waals surface area contributed by atoms with E-state index >= 15 is 0 Å². The number of piperidine rings is 1. The Morgan fingerprint density at radius 3 is 2.25 bits per heavy atom. The first-order valence-corrected chi connectivity index (χ1v) is 7.67. The van der Waals surface area contributed by atoms with Gasteiger partial charge in [-0.3, -0.25) is 0 Å². The number of hydrogen-bond acceptors (Lipinski definition) is 3. The van der Waals surface area contributed by atoms with Crippen molar-refractivity contribution >= 4 is 29.2 Å². The molecule has 0 aliphatic carbocycles. The van der Waals surface area contributed by atoms with Gasteiger partial charge in [-0.2, -0.15) is 0 Å². The smallest absolute Gasteiger partial charge is 0.338 e. The van der Waals surface area contributed by atoms with Crippen LogP contribution in [0.1, 0.15) is 36.0 Å². The highest BCUT2D eigenvalue weighted by Gasteiger charge is 2.39. The largest absolute Gasteiger partial charge is 0.459 e. The molecule has 1 aromatic rings. The van der Waals surface area contributed by atoms with Crippen LogP contribution in [0.5, 0.6) is 0 Å². The molecule has 0 saturated carbocycles. The minimum absolute atomic E-state index is 0.00829. The SMILES string of the molecule is CN1[C@@H]2CC[C@@H]1CC(OC(=O)c1cc(Cl)cc(Cl)c1)C2. The normalized spacial score (nSPS) is 29.4. The zero-order valence-electron chi connectivity index (χ0n) is 11.3. The summed E-state index contributed by atoms with van der Waals surface area (Å²) in [5.41, 5.74) is 0.425. The summed E-state index contributed by atoms with van der Waals surface area (Å²) < 4.78 is 5.63. The first kappa shape index (κ1) is 14.2. The third kappa shape index (κ3) is 2.80. The van der Waals surface area contributed by atoms with Crippen molar-refractivity contribution in [3.8, 4) is 0 Å². The molecule has 0 amide bonds. The molecule has 2 fully saturated rings. The van der Waals surface area contributed by atoms with E-state index in [2.05, 4.69) is 11.9 Å². The Morgan fingerprint density at radius 1 is 1.15 bits per heavy atom. The van der Waals surface area contributed by atoms with E-state index in [9.17, 15) is 4.79 Å². The average molecular weight is 314 g/mol. The topological polar surface area (TPSA) is 29.5 Å². The Morgan fingerprint density at radius 2 is 1.70 bits per heavy atom. The molecule has 0 spiro atoms. The van der Waals surface area contributed by atoms with E-state index in [0.29, 0.717) is 27.7 Å². The summed E-state index contributed by atoms with van der Waals surface area (Å²) in [4.78, 5) is 14.6. The lowest BCUT2D eigenvalue weighted by Gasteiger charge is -2.35. The van der Waals surface area contributed by atoms with E-state index in [-0.39, 0.29) is 12.1 Å². The fraction of sp³-hybridized carbons (Fsp3) is 0.533. The van der Waals surface area contributed by atoms with Crippen LogP contribution in [-0.2, 0) is 4.74 Å². The molecule has 1 aromatic carbocycles. The summed E-state index contributed by atoms with van der Waals surface area (Å²) in [6.07, 6.45) is 4.27. The van der Waals surface area contributed by atoms with E-state index in [1.165, 1.54) is 12.8 Å². The maximum absolute atomic E-state index is 12.2. The van der Waals surface area contributed by atoms with E-state index < -0.39 is 0 Å². The maximum Gasteiger partial charge on any atom is 0.338 e. The molecule has 2 aliphatic rings. The van der Waals surface area contributed by atoms with Crippen molar-refractivity contribution in [3.05, 3.63) is 33.8 Å². The molecule has 3 rings (SSSR count). The summed E-state index contributed by atoms with van der Waals surface area (Å²) in [6, 6.07) is 5.90. The molecule has 2 atom stereocenters. The van der Waals surface area contributed by atoms with Crippen molar-refractivity contribution in [3.63, 3.8) is 0 Å². The van der Waals surface area contributed by atoms with E-state index in [1.54, 1.807) is 18.2 Å². The summed E-state index contributed by atoms with van der Waals surface area (Å²) in [5.74, 6) is -0.330. The van der Waals surface area contributed by atoms with Gasteiger partial charge in [0.1, 0.15) is 6.10 Å². The van der Waals surface area contributed by atoms with Gasteiger partial charge in [0.05, 0.1) is 5.56 Å². The van der Waals surface area contributed by atoms with Gasteiger partial charge >= 0.3 is 5.97 Å². The molecule has 0 unspecified atom stereocenters. The average Bonchev–Trinajstić information content (AvgIpc) is 2.61. The molecule has 20 heavy (non-hydrogen) atoms. The molecular weight excluding hydrogens is 297 g/mol. The highest BCUT2D eigenvalue weighted by atomic mass is 35.5. The second-order valence-corrected chi connectivity index (χ2v) is 6.58. The Labute approximate surface area is 128 Å². The summed E-state index contributed by atoms with van der Waals surface area (Å²) in [7, 11) is 2.16. The molecule has 3 nitrogen and oxygen atoms in total. The number of halogens is 2. The first-order valence-electron chi connectivity index (χ1n) is 6.92. The number of nitrogens with zero attached hydrogens (tertiary/aromatic N) is 1. The van der Waals surface area contributed by atoms with Crippen LogP contribution in [0.2, 0.25) is 10.0 Å². The number of ether oxygens (including phenoxy) is 1. The number of rotatable bonds is 2. The van der Waals surface area contributed by atoms with Crippen LogP contribution in [-0.4, -0.2) is 36.1 Å². The number of carbonyl (C=O) groups is 1. The standard InChI is InChI=1S/C15H17Cl2NO2/c1-18-12-2-3-13(18)8-14(7-12)20-15(19)9-4-10(16)6-11(17)5-9/h4-6,12-14H,2-3,7-8H2,1H3/t12-,13-/m1/s1. The minimum atomic E-state index is -0.330. The summed E-state index contributed by atoms with van der Waals surface area (Å²) in [5, 5.41) is 0.904. The van der Waals surface area contributed by atoms with Gasteiger partial charge in [0.2, 0.25) is 0 Å². The number of fused-ring (bicyclic) bond motifs is 2. The Kier molecular flexibility index (Phi) is 3.93. The van der Waals surface area contributed by atoms with Gasteiger partial charge < -0.3 is 9.64 Å². The summed E-state index contributed by atoms with van der Waals surface area (Å²) in [6.45, 7) is 0. The zero-order chi connectivity index (χ0) is 14.3. The zero-order valence-corrected chi connectivity index (χ0v) is 12.8. The number of benzene rings is 1. The molecule has 2 bridgehead atoms. The van der Waals surface area contributed by atoms with Crippen molar-refractivity contribution in [1.29, 1.82) is 0 Å². The second-order valence-electron chi connectivity index (χ2n) is 5.71. The van der Waals surface area contributed by atoms with Crippen molar-refractivity contribution in [1.82, 2.24) is 4.90 Å². The fourth-order valence-corrected chi connectivity index (χ4v) is 3.87. The molecule has 2 aliphatic heterocycles. The van der Waals surface area contributed by atoms with Crippen LogP contribution in [0, 0.1) is 0 Å². The van der Waals surface area contributed by atoms with Crippen LogP contribution >= 0.6 is 23.2 Å². The van der Waals surface area contributed by atoms with Gasteiger partial charge in [-0.15, -0.1) is 0 Å². The number of carbonyl (C=O) groups excluding carboxylic acids is 1. The Bertz CT molecular complexity index is 500. The Hall–Kier alpha value is -0.770. The molecule has 5 heteroatoms. The minimum Gasteiger partial charge on any atom is -0.459 e. The molecule has 2 heterocycles. The second kappa shape index (κ2) is 5.55. The van der Waals surface area contributed by atoms with Crippen LogP contribution < -0.4 is 0 Å². The third-order valence-electron chi connectivity index (χ3n) is 4.43. The van der Waals surface area contributed by atoms with Crippen LogP contribution in [0.15, 0.2) is 18.2 Å². The highest BCUT2D eigenvalue weighted by Crippen LogP contribution is 2.35. The lowest BCUT2D eigenvalue weighted by molar-refractivity contribution is -0.000448. The van der Waals surface area contributed by atoms with Crippen LogP contribution in [0.25, 0.3) is 0 Å². The molecule has 2 saturated heterocycles. The third-order valence-corrected chi connectivity index (χ3v) is 4.86. The van der Waals surface area contributed by atoms with Gasteiger partial charge in [0.25, 0.3) is 0 Å². The van der Waals surface area contributed by atoms with Crippen molar-refractivity contribution < 1.29 is 9.53 Å². The predicted octanol–water partition coefficient (Wildman–Crippen LogP) is 3.78. The van der Waals surface area contributed by atoms with Gasteiger partial charge in [-0.25, -0.2) is 4.79 Å². The quantitative estimate of drug-likeness (QED) is 0.778. The predicted molar refractivity (Wildman–Crippen MR) is 79.5 cm³/mol. The lowest BCUT2D eigenvalue weighted by Crippen LogP contribution is -2.43. The highest BCUT2D eigenvalue weighted by molar-refractivity contribution is 6.35. The van der Waals surface area contributed by atoms with E-state index in [0.717, 1.165) is 12.8 Å². The molecule has 0 N–H and O–H groups in total. The first-order chi connectivity index (χ1) is 9.52. The van der Waals surface area contributed by atoms with Crippen molar-refractivity contribution in [2.24, 2.45) is 0 Å². The van der Waals surface area contributed by atoms with Crippen molar-refractivity contribution in [2.45, 2.75) is 43.9 Å². The lowest BCUT2D eigenvalue weighted by atomic mass is 10.0. The van der Waals surface area contributed by atoms with Gasteiger partial charge in [-0.1, -0.05) is 23.2 Å².